The number of hydrogen-bond acceptors (Lipinski definition) is 2. The Morgan fingerprint density at radius 3 is 2.84 bits per heavy atom. The predicted octanol–water partition coefficient (Wildman–Crippen LogP) is 4.38. The first-order chi connectivity index (χ1) is 12.3. The van der Waals surface area contributed by atoms with Crippen LogP contribution in [0.1, 0.15) is 44.1 Å². The van der Waals surface area contributed by atoms with Crippen LogP contribution >= 0.6 is 0 Å². The number of carbonyl (C=O) groups excluding carboxylic acids is 1. The van der Waals surface area contributed by atoms with Gasteiger partial charge in [0.1, 0.15) is 0 Å². The van der Waals surface area contributed by atoms with Crippen molar-refractivity contribution >= 4 is 29.1 Å². The maximum atomic E-state index is 13.1. The van der Waals surface area contributed by atoms with E-state index in [0.717, 1.165) is 35.9 Å². The normalized spacial score (nSPS) is 24.2. The smallest absolute Gasteiger partial charge is 0.255 e. The Morgan fingerprint density at radius 1 is 1.16 bits per heavy atom. The highest BCUT2D eigenvalue weighted by Crippen LogP contribution is 2.36. The summed E-state index contributed by atoms with van der Waals surface area (Å²) >= 11 is 0. The first kappa shape index (κ1) is 16.1. The molecule has 4 nitrogen and oxygen atoms in total. The molecule has 1 aromatic heterocycles. The molecule has 0 spiro atoms. The zero-order valence-electron chi connectivity index (χ0n) is 14.5. The Bertz CT molecular complexity index is 817. The quantitative estimate of drug-likeness (QED) is 0.634. The molecule has 1 aliphatic heterocycles. The van der Waals surface area contributed by atoms with Crippen LogP contribution in [0.5, 0.6) is 0 Å². The average molecular weight is 335 g/mol. The lowest BCUT2D eigenvalue weighted by molar-refractivity contribution is -0.132. The molecule has 2 fully saturated rings. The van der Waals surface area contributed by atoms with E-state index in [0.29, 0.717) is 17.5 Å². The number of benzene rings is 1. The van der Waals surface area contributed by atoms with Crippen LogP contribution in [-0.4, -0.2) is 34.6 Å². The van der Waals surface area contributed by atoms with Crippen LogP contribution in [0.25, 0.3) is 17.0 Å². The van der Waals surface area contributed by atoms with Gasteiger partial charge in [-0.1, -0.05) is 31.0 Å². The van der Waals surface area contributed by atoms with Gasteiger partial charge in [-0.15, -0.1) is 0 Å². The number of nitrogens with one attached hydrogen (secondary N) is 2. The van der Waals surface area contributed by atoms with Crippen LogP contribution < -0.4 is 0 Å². The molecule has 25 heavy (non-hydrogen) atoms. The Balaban J connectivity index is 1.63. The summed E-state index contributed by atoms with van der Waals surface area (Å²) in [5, 5.41) is 8.89. The van der Waals surface area contributed by atoms with Crippen molar-refractivity contribution in [2.75, 3.05) is 6.54 Å². The molecular weight excluding hydrogens is 310 g/mol. The van der Waals surface area contributed by atoms with E-state index in [2.05, 4.69) is 9.88 Å². The number of hydrogen-bond donors (Lipinski definition) is 2. The summed E-state index contributed by atoms with van der Waals surface area (Å²) in [7, 11) is 0. The van der Waals surface area contributed by atoms with Crippen LogP contribution in [0, 0.1) is 11.3 Å². The molecule has 0 bridgehead atoms. The zero-order chi connectivity index (χ0) is 17.2. The van der Waals surface area contributed by atoms with Gasteiger partial charge in [0.2, 0.25) is 0 Å². The lowest BCUT2D eigenvalue weighted by Gasteiger charge is -2.44. The summed E-state index contributed by atoms with van der Waals surface area (Å²) < 4.78 is 0. The lowest BCUT2D eigenvalue weighted by Crippen LogP contribution is -2.50. The second kappa shape index (κ2) is 6.87. The summed E-state index contributed by atoms with van der Waals surface area (Å²) in [5.41, 5.74) is 2.51. The van der Waals surface area contributed by atoms with E-state index >= 15 is 0 Å². The summed E-state index contributed by atoms with van der Waals surface area (Å²) in [5.74, 6) is 0.684. The fourth-order valence-electron chi connectivity index (χ4n) is 4.59. The van der Waals surface area contributed by atoms with E-state index in [9.17, 15) is 4.79 Å². The molecule has 1 aliphatic carbocycles. The highest BCUT2D eigenvalue weighted by atomic mass is 16.2. The SMILES string of the molecule is N=C/C(=C\c1c[nH]c2ccccc12)C(=O)N1CCCC2CCCCC21. The molecule has 2 N–H and O–H groups in total. The van der Waals surface area contributed by atoms with Crippen molar-refractivity contribution in [3.8, 4) is 0 Å². The first-order valence-electron chi connectivity index (χ1n) is 9.37. The molecule has 4 rings (SSSR count). The third-order valence-electron chi connectivity index (χ3n) is 5.84. The van der Waals surface area contributed by atoms with Crippen molar-refractivity contribution in [3.05, 3.63) is 41.6 Å². The molecule has 130 valence electrons. The van der Waals surface area contributed by atoms with Crippen LogP contribution in [-0.2, 0) is 4.79 Å². The molecule has 1 amide bonds. The second-order valence-electron chi connectivity index (χ2n) is 7.29. The van der Waals surface area contributed by atoms with Crippen molar-refractivity contribution in [3.63, 3.8) is 0 Å². The molecule has 2 aromatic rings. The summed E-state index contributed by atoms with van der Waals surface area (Å²) in [6.45, 7) is 0.832. The third-order valence-corrected chi connectivity index (χ3v) is 5.84. The van der Waals surface area contributed by atoms with Gasteiger partial charge in [0.05, 0.1) is 5.57 Å². The summed E-state index contributed by atoms with van der Waals surface area (Å²) in [6, 6.07) is 8.43. The van der Waals surface area contributed by atoms with Crippen molar-refractivity contribution in [2.45, 2.75) is 44.6 Å². The Hall–Kier alpha value is -2.36. The minimum atomic E-state index is 0.0249. The van der Waals surface area contributed by atoms with Crippen LogP contribution in [0.15, 0.2) is 36.0 Å². The number of likely N-dealkylation sites (tertiary alicyclic amines) is 1. The summed E-state index contributed by atoms with van der Waals surface area (Å²) in [6.07, 6.45) is 12.2. The molecular formula is C21H25N3O. The molecule has 2 aliphatic rings. The summed E-state index contributed by atoms with van der Waals surface area (Å²) in [4.78, 5) is 18.4. The second-order valence-corrected chi connectivity index (χ2v) is 7.29. The van der Waals surface area contributed by atoms with Crippen LogP contribution in [0.4, 0.5) is 0 Å². The average Bonchev–Trinajstić information content (AvgIpc) is 3.08. The monoisotopic (exact) mass is 335 g/mol. The van der Waals surface area contributed by atoms with Gasteiger partial charge in [-0.25, -0.2) is 0 Å². The van der Waals surface area contributed by atoms with Crippen molar-refractivity contribution < 1.29 is 4.79 Å². The van der Waals surface area contributed by atoms with Gasteiger partial charge < -0.3 is 15.3 Å². The molecule has 0 radical (unpaired) electrons. The van der Waals surface area contributed by atoms with E-state index in [4.69, 9.17) is 5.41 Å². The van der Waals surface area contributed by atoms with Crippen LogP contribution in [0.3, 0.4) is 0 Å². The number of aromatic amines is 1. The molecule has 2 heterocycles. The van der Waals surface area contributed by atoms with Gasteiger partial charge >= 0.3 is 0 Å². The molecule has 2 atom stereocenters. The molecule has 2 unspecified atom stereocenters. The standard InChI is InChI=1S/C21H25N3O/c22-13-16(12-17-14-23-19-9-3-2-8-18(17)19)21(25)24-11-5-7-15-6-1-4-10-20(15)24/h2-3,8-9,12-15,20,22-23H,1,4-7,10-11H2/b16-12+,22-13?. The van der Waals surface area contributed by atoms with Gasteiger partial charge in [0, 0.05) is 41.5 Å². The fraction of sp³-hybridized carbons (Fsp3) is 0.429. The largest absolute Gasteiger partial charge is 0.361 e. The van der Waals surface area contributed by atoms with Gasteiger partial charge in [0.25, 0.3) is 5.91 Å². The topological polar surface area (TPSA) is 60.0 Å². The number of H-pyrrole nitrogens is 1. The Labute approximate surface area is 148 Å². The lowest BCUT2D eigenvalue weighted by atomic mass is 9.78. The number of amides is 1. The Kier molecular flexibility index (Phi) is 4.43. The number of piperidine rings is 1. The number of aromatic nitrogens is 1. The van der Waals surface area contributed by atoms with Crippen LogP contribution in [0.2, 0.25) is 0 Å². The molecule has 1 saturated heterocycles. The van der Waals surface area contributed by atoms with Gasteiger partial charge in [-0.3, -0.25) is 4.79 Å². The van der Waals surface area contributed by atoms with Crippen molar-refractivity contribution in [1.29, 1.82) is 5.41 Å². The number of nitrogens with zero attached hydrogens (tertiary/aromatic N) is 1. The maximum Gasteiger partial charge on any atom is 0.255 e. The first-order valence-corrected chi connectivity index (χ1v) is 9.37. The fourth-order valence-corrected chi connectivity index (χ4v) is 4.59. The van der Waals surface area contributed by atoms with Gasteiger partial charge in [0.15, 0.2) is 0 Å². The highest BCUT2D eigenvalue weighted by Gasteiger charge is 2.36. The minimum Gasteiger partial charge on any atom is -0.361 e. The molecule has 4 heteroatoms. The number of carbonyl (C=O) groups is 1. The van der Waals surface area contributed by atoms with Gasteiger partial charge in [-0.05, 0) is 43.7 Å². The van der Waals surface area contributed by atoms with E-state index in [-0.39, 0.29) is 5.91 Å². The van der Waals surface area contributed by atoms with E-state index in [1.165, 1.54) is 31.9 Å². The maximum absolute atomic E-state index is 13.1. The predicted molar refractivity (Wildman–Crippen MR) is 102 cm³/mol. The van der Waals surface area contributed by atoms with Crippen molar-refractivity contribution in [2.24, 2.45) is 5.92 Å². The number of fused-ring (bicyclic) bond motifs is 2. The van der Waals surface area contributed by atoms with Crippen molar-refractivity contribution in [1.82, 2.24) is 9.88 Å². The van der Waals surface area contributed by atoms with E-state index < -0.39 is 0 Å². The van der Waals surface area contributed by atoms with E-state index in [1.54, 1.807) is 0 Å². The van der Waals surface area contributed by atoms with E-state index in [1.807, 2.05) is 36.5 Å². The third kappa shape index (κ3) is 3.01. The highest BCUT2D eigenvalue weighted by molar-refractivity contribution is 6.16. The van der Waals surface area contributed by atoms with Gasteiger partial charge in [-0.2, -0.15) is 0 Å². The Morgan fingerprint density at radius 2 is 1.96 bits per heavy atom. The molecule has 1 saturated carbocycles. The minimum absolute atomic E-state index is 0.0249. The number of para-hydroxylation sites is 1. The zero-order valence-corrected chi connectivity index (χ0v) is 14.5. The molecule has 1 aromatic carbocycles. The number of rotatable bonds is 3.